The first-order valence-corrected chi connectivity index (χ1v) is 6.76. The van der Waals surface area contributed by atoms with Gasteiger partial charge in [-0.05, 0) is 33.6 Å². The van der Waals surface area contributed by atoms with E-state index in [1.807, 2.05) is 0 Å². The number of rotatable bonds is 5. The third-order valence-corrected chi connectivity index (χ3v) is 3.17. The second kappa shape index (κ2) is 6.52. The van der Waals surface area contributed by atoms with Crippen molar-refractivity contribution in [1.29, 1.82) is 0 Å². The molecule has 0 heterocycles. The molecule has 0 radical (unpaired) electrons. The molecule has 114 valence electrons. The van der Waals surface area contributed by atoms with Gasteiger partial charge in [0, 0.05) is 5.33 Å². The predicted molar refractivity (Wildman–Crippen MR) is 64.4 cm³/mol. The second-order valence-corrected chi connectivity index (χ2v) is 4.86. The molecule has 0 aromatic heterocycles. The Morgan fingerprint density at radius 1 is 1.15 bits per heavy atom. The zero-order chi connectivity index (χ0) is 15.6. The standard InChI is InChI=1S/C10H6Br2F6O2/c11-4-5-1-2-7(6(12)3-5)19-9(14,15)8(13)20-10(16,17)18/h1-3,8H,4H2/t8-/m0/s1. The van der Waals surface area contributed by atoms with Crippen molar-refractivity contribution >= 4 is 31.9 Å². The Kier molecular flexibility index (Phi) is 5.73. The van der Waals surface area contributed by atoms with Crippen LogP contribution >= 0.6 is 31.9 Å². The summed E-state index contributed by atoms with van der Waals surface area (Å²) >= 11 is 6.01. The van der Waals surface area contributed by atoms with Crippen LogP contribution in [-0.2, 0) is 10.1 Å². The van der Waals surface area contributed by atoms with Gasteiger partial charge in [-0.15, -0.1) is 13.2 Å². The summed E-state index contributed by atoms with van der Waals surface area (Å²) in [7, 11) is 0. The summed E-state index contributed by atoms with van der Waals surface area (Å²) in [4.78, 5) is 0. The number of ether oxygens (including phenoxy) is 2. The number of alkyl halides is 7. The van der Waals surface area contributed by atoms with Crippen LogP contribution in [0.4, 0.5) is 26.3 Å². The minimum absolute atomic E-state index is 0.0355. The quantitative estimate of drug-likeness (QED) is 0.474. The lowest BCUT2D eigenvalue weighted by molar-refractivity contribution is -0.411. The molecule has 0 saturated heterocycles. The molecule has 20 heavy (non-hydrogen) atoms. The smallest absolute Gasteiger partial charge is 0.427 e. The summed E-state index contributed by atoms with van der Waals surface area (Å²) in [5.74, 6) is -0.520. The van der Waals surface area contributed by atoms with Crippen molar-refractivity contribution in [3.05, 3.63) is 28.2 Å². The van der Waals surface area contributed by atoms with Gasteiger partial charge in [-0.25, -0.2) is 9.13 Å². The van der Waals surface area contributed by atoms with Gasteiger partial charge in [-0.2, -0.15) is 8.78 Å². The maximum atomic E-state index is 13.1. The van der Waals surface area contributed by atoms with E-state index in [0.717, 1.165) is 6.07 Å². The molecule has 0 spiro atoms. The lowest BCUT2D eigenvalue weighted by Gasteiger charge is -2.22. The van der Waals surface area contributed by atoms with Crippen molar-refractivity contribution in [3.8, 4) is 5.75 Å². The van der Waals surface area contributed by atoms with Gasteiger partial charge in [0.1, 0.15) is 5.75 Å². The van der Waals surface area contributed by atoms with Gasteiger partial charge in [0.25, 0.3) is 0 Å². The molecule has 1 rings (SSSR count). The summed E-state index contributed by atoms with van der Waals surface area (Å²) in [5.41, 5.74) is 0.691. The Balaban J connectivity index is 2.85. The number of hydrogen-bond acceptors (Lipinski definition) is 2. The SMILES string of the molecule is F[C@@H](OC(F)(F)F)C(F)(F)Oc1ccc(CBr)cc1Br. The normalized spacial score (nSPS) is 14.2. The Morgan fingerprint density at radius 2 is 1.75 bits per heavy atom. The third-order valence-electron chi connectivity index (χ3n) is 1.90. The number of halogens is 8. The maximum absolute atomic E-state index is 13.1. The summed E-state index contributed by atoms with van der Waals surface area (Å²) in [5, 5.41) is 0.422. The Morgan fingerprint density at radius 3 is 2.20 bits per heavy atom. The van der Waals surface area contributed by atoms with E-state index < -0.39 is 24.6 Å². The van der Waals surface area contributed by atoms with Crippen LogP contribution in [0.5, 0.6) is 5.75 Å². The molecule has 10 heteroatoms. The van der Waals surface area contributed by atoms with Gasteiger partial charge < -0.3 is 4.74 Å². The average Bonchev–Trinajstić information content (AvgIpc) is 2.29. The van der Waals surface area contributed by atoms with Gasteiger partial charge >= 0.3 is 18.8 Å². The second-order valence-electron chi connectivity index (χ2n) is 3.44. The van der Waals surface area contributed by atoms with Crippen LogP contribution < -0.4 is 4.74 Å². The van der Waals surface area contributed by atoms with E-state index in [1.54, 1.807) is 0 Å². The van der Waals surface area contributed by atoms with Gasteiger partial charge in [0.15, 0.2) is 0 Å². The van der Waals surface area contributed by atoms with Gasteiger partial charge in [0.05, 0.1) is 4.47 Å². The van der Waals surface area contributed by atoms with Gasteiger partial charge in [-0.3, -0.25) is 0 Å². The molecule has 0 aliphatic heterocycles. The van der Waals surface area contributed by atoms with Crippen molar-refractivity contribution in [1.82, 2.24) is 0 Å². The molecule has 2 nitrogen and oxygen atoms in total. The molecule has 0 amide bonds. The Bertz CT molecular complexity index is 466. The zero-order valence-corrected chi connectivity index (χ0v) is 12.5. The highest BCUT2D eigenvalue weighted by Crippen LogP contribution is 2.35. The monoisotopic (exact) mass is 430 g/mol. The van der Waals surface area contributed by atoms with Crippen molar-refractivity contribution in [2.45, 2.75) is 24.2 Å². The molecule has 0 bridgehead atoms. The first-order chi connectivity index (χ1) is 9.05. The van der Waals surface area contributed by atoms with Gasteiger partial charge in [0.2, 0.25) is 0 Å². The van der Waals surface area contributed by atoms with Crippen LogP contribution in [0, 0.1) is 0 Å². The fraction of sp³-hybridized carbons (Fsp3) is 0.400. The van der Waals surface area contributed by atoms with E-state index >= 15 is 0 Å². The molecule has 0 aliphatic rings. The van der Waals surface area contributed by atoms with Crippen LogP contribution in [0.3, 0.4) is 0 Å². The van der Waals surface area contributed by atoms with E-state index in [4.69, 9.17) is 0 Å². The van der Waals surface area contributed by atoms with E-state index in [2.05, 4.69) is 41.3 Å². The highest BCUT2D eigenvalue weighted by Gasteiger charge is 2.50. The fourth-order valence-electron chi connectivity index (χ4n) is 1.09. The van der Waals surface area contributed by atoms with Crippen molar-refractivity contribution < 1.29 is 35.8 Å². The van der Waals surface area contributed by atoms with Crippen LogP contribution in [0.2, 0.25) is 0 Å². The Hall–Kier alpha value is -0.480. The van der Waals surface area contributed by atoms with Crippen LogP contribution in [0.25, 0.3) is 0 Å². The zero-order valence-electron chi connectivity index (χ0n) is 9.36. The van der Waals surface area contributed by atoms with E-state index in [-0.39, 0.29) is 4.47 Å². The summed E-state index contributed by atoms with van der Waals surface area (Å²) < 4.78 is 80.7. The molecule has 1 aromatic carbocycles. The molecule has 0 fully saturated rings. The summed E-state index contributed by atoms with van der Waals surface area (Å²) in [6, 6.07) is 3.83. The summed E-state index contributed by atoms with van der Waals surface area (Å²) in [6.45, 7) is 0. The van der Waals surface area contributed by atoms with Crippen LogP contribution in [0.15, 0.2) is 22.7 Å². The van der Waals surface area contributed by atoms with E-state index in [1.165, 1.54) is 12.1 Å². The third kappa shape index (κ3) is 5.13. The summed E-state index contributed by atoms with van der Waals surface area (Å²) in [6.07, 6.45) is -14.3. The minimum atomic E-state index is -5.54. The molecular weight excluding hydrogens is 426 g/mol. The van der Waals surface area contributed by atoms with Crippen molar-refractivity contribution in [3.63, 3.8) is 0 Å². The molecule has 0 saturated carbocycles. The number of benzene rings is 1. The Labute approximate surface area is 126 Å². The molecular formula is C10H6Br2F6O2. The lowest BCUT2D eigenvalue weighted by atomic mass is 10.2. The van der Waals surface area contributed by atoms with Crippen LogP contribution in [0.1, 0.15) is 5.56 Å². The predicted octanol–water partition coefficient (Wildman–Crippen LogP) is 5.15. The first-order valence-electron chi connectivity index (χ1n) is 4.85. The number of hydrogen-bond donors (Lipinski definition) is 0. The maximum Gasteiger partial charge on any atom is 0.525 e. The minimum Gasteiger partial charge on any atom is -0.427 e. The fourth-order valence-corrected chi connectivity index (χ4v) is 1.95. The van der Waals surface area contributed by atoms with Gasteiger partial charge in [-0.1, -0.05) is 22.0 Å². The van der Waals surface area contributed by atoms with Crippen LogP contribution in [-0.4, -0.2) is 18.8 Å². The first kappa shape index (κ1) is 17.6. The van der Waals surface area contributed by atoms with Crippen molar-refractivity contribution in [2.24, 2.45) is 0 Å². The molecule has 1 aromatic rings. The van der Waals surface area contributed by atoms with E-state index in [9.17, 15) is 26.3 Å². The molecule has 1 atom stereocenters. The largest absolute Gasteiger partial charge is 0.525 e. The van der Waals surface area contributed by atoms with E-state index in [0.29, 0.717) is 10.9 Å². The molecule has 0 unspecified atom stereocenters. The topological polar surface area (TPSA) is 18.5 Å². The molecule has 0 aliphatic carbocycles. The van der Waals surface area contributed by atoms with Crippen molar-refractivity contribution in [2.75, 3.05) is 0 Å². The lowest BCUT2D eigenvalue weighted by Crippen LogP contribution is -2.41. The highest BCUT2D eigenvalue weighted by atomic mass is 79.9. The molecule has 0 N–H and O–H groups in total. The average molecular weight is 432 g/mol. The highest BCUT2D eigenvalue weighted by molar-refractivity contribution is 9.10.